The van der Waals surface area contributed by atoms with Crippen LogP contribution in [0, 0.1) is 4.91 Å². The van der Waals surface area contributed by atoms with Crippen LogP contribution in [0.2, 0.25) is 0 Å². The highest BCUT2D eigenvalue weighted by Crippen LogP contribution is 2.24. The molecule has 1 heterocycles. The predicted molar refractivity (Wildman–Crippen MR) is 152 cm³/mol. The monoisotopic (exact) mass is 580 g/mol. The standard InChI is InChI=1S/C26H37N3O4.C3H2F3NO/c1-27-22-7-11-25(12-8-22)32-16-13-26(30)28-23(20-29-14-3-4-15-29)19-21-5-9-24(10-6-21)33-18-17-31-2;1-2(7-8)3(4,5)6/h5-12,23,27H,3-4,13-20H2,1-2H3,(H,28,30);1H2/t23-;/m0./s1. The van der Waals surface area contributed by atoms with Crippen molar-refractivity contribution in [2.24, 2.45) is 5.18 Å². The molecule has 1 atom stereocenters. The minimum atomic E-state index is -4.66. The average Bonchev–Trinajstić information content (AvgIpc) is 3.47. The maximum Gasteiger partial charge on any atom is 0.436 e. The van der Waals surface area contributed by atoms with E-state index in [4.69, 9.17) is 19.1 Å². The van der Waals surface area contributed by atoms with E-state index in [0.717, 1.165) is 43.2 Å². The van der Waals surface area contributed by atoms with Crippen LogP contribution in [0.25, 0.3) is 0 Å². The van der Waals surface area contributed by atoms with Crippen LogP contribution in [-0.4, -0.2) is 76.6 Å². The van der Waals surface area contributed by atoms with E-state index in [1.807, 2.05) is 43.4 Å². The summed E-state index contributed by atoms with van der Waals surface area (Å²) >= 11 is 0. The summed E-state index contributed by atoms with van der Waals surface area (Å²) in [5.74, 6) is 1.62. The summed E-state index contributed by atoms with van der Waals surface area (Å²) in [5, 5.41) is 7.90. The van der Waals surface area contributed by atoms with Gasteiger partial charge < -0.3 is 29.7 Å². The minimum absolute atomic E-state index is 0.0190. The molecule has 41 heavy (non-hydrogen) atoms. The van der Waals surface area contributed by atoms with E-state index in [0.29, 0.717) is 26.2 Å². The van der Waals surface area contributed by atoms with Gasteiger partial charge in [-0.1, -0.05) is 18.7 Å². The van der Waals surface area contributed by atoms with Gasteiger partial charge in [-0.25, -0.2) is 0 Å². The molecule has 1 aliphatic rings. The zero-order chi connectivity index (χ0) is 30.1. The van der Waals surface area contributed by atoms with E-state index in [9.17, 15) is 18.0 Å². The molecule has 0 spiro atoms. The average molecular weight is 581 g/mol. The van der Waals surface area contributed by atoms with Gasteiger partial charge in [0, 0.05) is 32.4 Å². The van der Waals surface area contributed by atoms with Gasteiger partial charge in [0.15, 0.2) is 5.70 Å². The van der Waals surface area contributed by atoms with E-state index in [2.05, 4.69) is 34.2 Å². The van der Waals surface area contributed by atoms with E-state index < -0.39 is 11.9 Å². The number of amides is 1. The van der Waals surface area contributed by atoms with Crippen molar-refractivity contribution in [2.75, 3.05) is 58.9 Å². The molecule has 1 amide bonds. The highest BCUT2D eigenvalue weighted by molar-refractivity contribution is 5.76. The molecule has 2 aromatic carbocycles. The molecule has 2 aromatic rings. The molecule has 1 saturated heterocycles. The summed E-state index contributed by atoms with van der Waals surface area (Å²) in [6, 6.07) is 15.9. The second kappa shape index (κ2) is 17.9. The minimum Gasteiger partial charge on any atom is -0.493 e. The lowest BCUT2D eigenvalue weighted by Crippen LogP contribution is -2.44. The molecular formula is C29H39F3N4O5. The van der Waals surface area contributed by atoms with Crippen LogP contribution in [-0.2, 0) is 16.0 Å². The Morgan fingerprint density at radius 2 is 1.59 bits per heavy atom. The molecule has 0 bridgehead atoms. The number of nitroso groups, excluding NO2 is 1. The van der Waals surface area contributed by atoms with Gasteiger partial charge in [-0.15, -0.1) is 4.91 Å². The molecule has 0 unspecified atom stereocenters. The zero-order valence-electron chi connectivity index (χ0n) is 23.5. The Balaban J connectivity index is 0.000000642. The maximum absolute atomic E-state index is 12.7. The largest absolute Gasteiger partial charge is 0.493 e. The summed E-state index contributed by atoms with van der Waals surface area (Å²) < 4.78 is 49.6. The number of likely N-dealkylation sites (tertiary alicyclic amines) is 1. The van der Waals surface area contributed by atoms with E-state index in [-0.39, 0.29) is 11.9 Å². The molecule has 1 aliphatic heterocycles. The van der Waals surface area contributed by atoms with Crippen molar-refractivity contribution in [3.05, 3.63) is 71.3 Å². The molecule has 3 rings (SSSR count). The van der Waals surface area contributed by atoms with Gasteiger partial charge >= 0.3 is 6.18 Å². The van der Waals surface area contributed by atoms with Crippen molar-refractivity contribution >= 4 is 11.6 Å². The third-order valence-corrected chi connectivity index (χ3v) is 6.18. The molecule has 226 valence electrons. The van der Waals surface area contributed by atoms with Crippen molar-refractivity contribution < 1.29 is 32.2 Å². The van der Waals surface area contributed by atoms with Crippen molar-refractivity contribution in [1.29, 1.82) is 0 Å². The van der Waals surface area contributed by atoms with Crippen LogP contribution < -0.4 is 20.1 Å². The van der Waals surface area contributed by atoms with E-state index in [1.165, 1.54) is 18.4 Å². The fourth-order valence-corrected chi connectivity index (χ4v) is 4.02. The number of halogens is 3. The fourth-order valence-electron chi connectivity index (χ4n) is 4.02. The highest BCUT2D eigenvalue weighted by atomic mass is 19.4. The van der Waals surface area contributed by atoms with Gasteiger partial charge in [0.1, 0.15) is 18.1 Å². The first-order valence-electron chi connectivity index (χ1n) is 13.4. The molecule has 12 heteroatoms. The van der Waals surface area contributed by atoms with E-state index >= 15 is 0 Å². The molecule has 0 radical (unpaired) electrons. The van der Waals surface area contributed by atoms with Gasteiger partial charge in [0.2, 0.25) is 5.91 Å². The number of benzene rings is 2. The number of carbonyl (C=O) groups excluding carboxylic acids is 1. The van der Waals surface area contributed by atoms with Crippen LogP contribution in [0.1, 0.15) is 24.8 Å². The van der Waals surface area contributed by atoms with Crippen LogP contribution in [0.5, 0.6) is 11.5 Å². The summed E-state index contributed by atoms with van der Waals surface area (Å²) in [6.45, 7) is 6.86. The van der Waals surface area contributed by atoms with Gasteiger partial charge in [-0.2, -0.15) is 13.2 Å². The third kappa shape index (κ3) is 13.5. The van der Waals surface area contributed by atoms with Crippen molar-refractivity contribution in [3.63, 3.8) is 0 Å². The maximum atomic E-state index is 12.7. The SMILES string of the molecule is C=C(N=O)C(F)(F)F.CNc1ccc(OCCC(=O)N[C@@H](Cc2ccc(OCCOC)cc2)CN2CCCC2)cc1. The summed E-state index contributed by atoms with van der Waals surface area (Å²) in [7, 11) is 3.54. The molecule has 0 saturated carbocycles. The van der Waals surface area contributed by atoms with Crippen LogP contribution in [0.15, 0.2) is 66.0 Å². The number of allylic oxidation sites excluding steroid dienone is 1. The number of nitrogens with one attached hydrogen (secondary N) is 2. The summed E-state index contributed by atoms with van der Waals surface area (Å²) in [6.07, 6.45) is -1.09. The molecule has 0 aromatic heterocycles. The van der Waals surface area contributed by atoms with Gasteiger partial charge in [-0.05, 0) is 79.5 Å². The zero-order valence-corrected chi connectivity index (χ0v) is 23.5. The van der Waals surface area contributed by atoms with Gasteiger partial charge in [0.05, 0.1) is 19.6 Å². The number of hydrogen-bond donors (Lipinski definition) is 2. The highest BCUT2D eigenvalue weighted by Gasteiger charge is 2.33. The van der Waals surface area contributed by atoms with Crippen LogP contribution in [0.3, 0.4) is 0 Å². The first-order chi connectivity index (χ1) is 19.6. The molecule has 0 aliphatic carbocycles. The quantitative estimate of drug-likeness (QED) is 0.221. The van der Waals surface area contributed by atoms with Gasteiger partial charge in [-0.3, -0.25) is 4.79 Å². The molecule has 2 N–H and O–H groups in total. The van der Waals surface area contributed by atoms with Gasteiger partial charge in [0.25, 0.3) is 0 Å². The van der Waals surface area contributed by atoms with Crippen molar-refractivity contribution in [3.8, 4) is 11.5 Å². The lowest BCUT2D eigenvalue weighted by Gasteiger charge is -2.25. The first-order valence-corrected chi connectivity index (χ1v) is 13.4. The van der Waals surface area contributed by atoms with Crippen LogP contribution in [0.4, 0.5) is 18.9 Å². The number of methoxy groups -OCH3 is 1. The summed E-state index contributed by atoms with van der Waals surface area (Å²) in [4.78, 5) is 24.2. The van der Waals surface area contributed by atoms with Crippen molar-refractivity contribution in [2.45, 2.75) is 37.9 Å². The third-order valence-electron chi connectivity index (χ3n) is 6.18. The lowest BCUT2D eigenvalue weighted by molar-refractivity contribution is -0.122. The molecular weight excluding hydrogens is 541 g/mol. The lowest BCUT2D eigenvalue weighted by atomic mass is 10.0. The Hall–Kier alpha value is -3.64. The number of rotatable bonds is 15. The smallest absolute Gasteiger partial charge is 0.436 e. The summed E-state index contributed by atoms with van der Waals surface area (Å²) in [5.41, 5.74) is 0.608. The Morgan fingerprint density at radius 1 is 1.00 bits per heavy atom. The Morgan fingerprint density at radius 3 is 2.10 bits per heavy atom. The number of alkyl halides is 3. The fraction of sp³-hybridized carbons (Fsp3) is 0.483. The van der Waals surface area contributed by atoms with E-state index in [1.54, 1.807) is 12.3 Å². The van der Waals surface area contributed by atoms with Crippen LogP contribution >= 0.6 is 0 Å². The number of ether oxygens (including phenoxy) is 3. The van der Waals surface area contributed by atoms with Crippen molar-refractivity contribution in [1.82, 2.24) is 10.2 Å². The normalized spacial score (nSPS) is 13.9. The predicted octanol–water partition coefficient (Wildman–Crippen LogP) is 5.17. The number of nitrogens with zero attached hydrogens (tertiary/aromatic N) is 2. The topological polar surface area (TPSA) is 101 Å². The number of hydrogen-bond acceptors (Lipinski definition) is 8. The Bertz CT molecular complexity index is 1060. The second-order valence-electron chi connectivity index (χ2n) is 9.37. The number of carbonyl (C=O) groups is 1. The molecule has 9 nitrogen and oxygen atoms in total. The number of anilines is 1. The Labute approximate surface area is 239 Å². The Kier molecular flexibility index (Phi) is 14.7. The second-order valence-corrected chi connectivity index (χ2v) is 9.37. The molecule has 1 fully saturated rings. The first kappa shape index (κ1) is 33.6.